The Bertz CT molecular complexity index is 724. The number of hydrogen-bond acceptors (Lipinski definition) is 6. The van der Waals surface area contributed by atoms with Crippen LogP contribution < -0.4 is 0 Å². The zero-order valence-corrected chi connectivity index (χ0v) is 15.2. The Balaban J connectivity index is 2.05. The lowest BCUT2D eigenvalue weighted by atomic mass is 9.68. The van der Waals surface area contributed by atoms with Crippen LogP contribution in [0, 0.1) is 0 Å². The number of aliphatic hydroxyl groups excluding tert-OH is 2. The Hall–Kier alpha value is -1.80. The molecule has 0 radical (unpaired) electrons. The van der Waals surface area contributed by atoms with Crippen LogP contribution in [0.2, 0.25) is 0 Å². The molecule has 1 saturated heterocycles. The topological polar surface area (TPSA) is 99.4 Å². The van der Waals surface area contributed by atoms with Gasteiger partial charge in [-0.2, -0.15) is 0 Å². The summed E-state index contributed by atoms with van der Waals surface area (Å²) in [5.41, 5.74) is -2.45. The van der Waals surface area contributed by atoms with Crippen molar-refractivity contribution in [3.8, 4) is 0 Å². The van der Waals surface area contributed by atoms with Crippen molar-refractivity contribution in [2.75, 3.05) is 13.7 Å². The lowest BCUT2D eigenvalue weighted by Crippen LogP contribution is -2.76. The molecule has 5 atom stereocenters. The summed E-state index contributed by atoms with van der Waals surface area (Å²) in [5.74, 6) is 0. The molecule has 2 aromatic rings. The number of rotatable bonds is 6. The molecule has 0 unspecified atom stereocenters. The van der Waals surface area contributed by atoms with E-state index in [1.165, 1.54) is 7.11 Å². The van der Waals surface area contributed by atoms with Crippen LogP contribution in [-0.2, 0) is 22.3 Å². The Labute approximate surface area is 158 Å². The second-order valence-electron chi connectivity index (χ2n) is 7.04. The highest BCUT2D eigenvalue weighted by molar-refractivity contribution is 5.26. The van der Waals surface area contributed by atoms with E-state index < -0.39 is 36.3 Å². The third-order valence-electron chi connectivity index (χ3n) is 5.31. The van der Waals surface area contributed by atoms with E-state index >= 15 is 0 Å². The van der Waals surface area contributed by atoms with Crippen molar-refractivity contribution < 1.29 is 29.9 Å². The highest BCUT2D eigenvalue weighted by Gasteiger charge is 2.64. The van der Waals surface area contributed by atoms with Gasteiger partial charge in [-0.15, -0.1) is 0 Å². The second kappa shape index (κ2) is 8.06. The molecule has 0 spiro atoms. The lowest BCUT2D eigenvalue weighted by molar-refractivity contribution is -0.369. The predicted octanol–water partition coefficient (Wildman–Crippen LogP) is 0.658. The number of methoxy groups -OCH3 is 1. The molecule has 27 heavy (non-hydrogen) atoms. The molecular formula is C21H26O6. The fourth-order valence-corrected chi connectivity index (χ4v) is 3.81. The van der Waals surface area contributed by atoms with Gasteiger partial charge in [0.15, 0.2) is 11.9 Å². The van der Waals surface area contributed by atoms with E-state index in [9.17, 15) is 20.4 Å². The minimum Gasteiger partial charge on any atom is -0.394 e. The zero-order valence-electron chi connectivity index (χ0n) is 15.2. The van der Waals surface area contributed by atoms with Gasteiger partial charge in [-0.25, -0.2) is 0 Å². The molecule has 6 nitrogen and oxygen atoms in total. The van der Waals surface area contributed by atoms with Gasteiger partial charge >= 0.3 is 0 Å². The molecule has 0 saturated carbocycles. The van der Waals surface area contributed by atoms with Gasteiger partial charge in [-0.1, -0.05) is 60.7 Å². The van der Waals surface area contributed by atoms with Crippen LogP contribution in [0.3, 0.4) is 0 Å². The quantitative estimate of drug-likeness (QED) is 0.593. The van der Waals surface area contributed by atoms with Crippen molar-refractivity contribution in [2.24, 2.45) is 0 Å². The van der Waals surface area contributed by atoms with Gasteiger partial charge in [-0.3, -0.25) is 0 Å². The summed E-state index contributed by atoms with van der Waals surface area (Å²) in [6, 6.07) is 18.2. The molecule has 1 aliphatic rings. The van der Waals surface area contributed by atoms with Crippen LogP contribution in [0.5, 0.6) is 0 Å². The summed E-state index contributed by atoms with van der Waals surface area (Å²) in [4.78, 5) is 0. The molecule has 6 heteroatoms. The fourth-order valence-electron chi connectivity index (χ4n) is 3.81. The average Bonchev–Trinajstić information content (AvgIpc) is 2.69. The fraction of sp³-hybridized carbons (Fsp3) is 0.429. The highest BCUT2D eigenvalue weighted by Crippen LogP contribution is 2.42. The molecule has 2 aromatic carbocycles. The van der Waals surface area contributed by atoms with E-state index in [1.807, 2.05) is 48.5 Å². The average molecular weight is 374 g/mol. The third kappa shape index (κ3) is 3.65. The van der Waals surface area contributed by atoms with Crippen LogP contribution in [0.4, 0.5) is 0 Å². The molecule has 0 aromatic heterocycles. The molecule has 0 amide bonds. The second-order valence-corrected chi connectivity index (χ2v) is 7.04. The van der Waals surface area contributed by atoms with Gasteiger partial charge in [0, 0.05) is 20.0 Å². The number of benzene rings is 2. The largest absolute Gasteiger partial charge is 0.394 e. The van der Waals surface area contributed by atoms with Crippen molar-refractivity contribution in [2.45, 2.75) is 42.5 Å². The van der Waals surface area contributed by atoms with E-state index in [2.05, 4.69) is 0 Å². The smallest absolute Gasteiger partial charge is 0.189 e. The van der Waals surface area contributed by atoms with E-state index in [1.54, 1.807) is 12.1 Å². The maximum absolute atomic E-state index is 11.6. The normalized spacial score (nSPS) is 33.7. The highest BCUT2D eigenvalue weighted by atomic mass is 16.7. The van der Waals surface area contributed by atoms with Gasteiger partial charge in [-0.05, 0) is 11.1 Å². The van der Waals surface area contributed by atoms with Crippen molar-refractivity contribution in [1.29, 1.82) is 0 Å². The van der Waals surface area contributed by atoms with Crippen molar-refractivity contribution in [3.05, 3.63) is 71.8 Å². The first-order valence-corrected chi connectivity index (χ1v) is 8.94. The Morgan fingerprint density at radius 2 is 1.37 bits per heavy atom. The molecular weight excluding hydrogens is 348 g/mol. The Kier molecular flexibility index (Phi) is 5.95. The summed E-state index contributed by atoms with van der Waals surface area (Å²) in [6.07, 6.45) is -3.85. The minimum absolute atomic E-state index is 0.00485. The standard InChI is InChI=1S/C21H26O6/c1-26-19-21(25,13-16-10-6-3-7-11-16)20(24,18(23)17(14-22)27-19)12-15-8-4-2-5-9-15/h2-11,17-19,22-25H,12-14H2,1H3/t17-,18-,19+,20+,21+/m1/s1. The maximum atomic E-state index is 11.6. The number of hydrogen-bond donors (Lipinski definition) is 4. The molecule has 4 N–H and O–H groups in total. The molecule has 1 heterocycles. The monoisotopic (exact) mass is 374 g/mol. The molecule has 1 aliphatic heterocycles. The lowest BCUT2D eigenvalue weighted by Gasteiger charge is -2.55. The zero-order chi connectivity index (χ0) is 19.5. The summed E-state index contributed by atoms with van der Waals surface area (Å²) in [5, 5.41) is 43.6. The van der Waals surface area contributed by atoms with Crippen LogP contribution in [-0.4, -0.2) is 63.8 Å². The SMILES string of the molecule is CO[C@H]1O[C@H](CO)[C@@H](O)[C@@](O)(Cc2ccccc2)[C@]1(O)Cc1ccccc1. The maximum Gasteiger partial charge on any atom is 0.189 e. The van der Waals surface area contributed by atoms with E-state index in [4.69, 9.17) is 9.47 Å². The third-order valence-corrected chi connectivity index (χ3v) is 5.31. The van der Waals surface area contributed by atoms with Gasteiger partial charge in [0.25, 0.3) is 0 Å². The van der Waals surface area contributed by atoms with E-state index in [-0.39, 0.29) is 12.8 Å². The van der Waals surface area contributed by atoms with E-state index in [0.717, 1.165) is 11.1 Å². The Morgan fingerprint density at radius 1 is 0.889 bits per heavy atom. The van der Waals surface area contributed by atoms with Crippen molar-refractivity contribution in [1.82, 2.24) is 0 Å². The summed E-state index contributed by atoms with van der Waals surface area (Å²) in [7, 11) is 1.36. The van der Waals surface area contributed by atoms with Gasteiger partial charge in [0.05, 0.1) is 6.61 Å². The molecule has 1 fully saturated rings. The summed E-state index contributed by atoms with van der Waals surface area (Å²) in [6.45, 7) is -0.514. The van der Waals surface area contributed by atoms with Crippen LogP contribution in [0.1, 0.15) is 11.1 Å². The molecule has 146 valence electrons. The van der Waals surface area contributed by atoms with Crippen LogP contribution in [0.15, 0.2) is 60.7 Å². The summed E-state index contributed by atoms with van der Waals surface area (Å²) >= 11 is 0. The minimum atomic E-state index is -2.00. The van der Waals surface area contributed by atoms with Crippen molar-refractivity contribution >= 4 is 0 Å². The number of ether oxygens (including phenoxy) is 2. The predicted molar refractivity (Wildman–Crippen MR) is 99.0 cm³/mol. The van der Waals surface area contributed by atoms with Crippen LogP contribution in [0.25, 0.3) is 0 Å². The van der Waals surface area contributed by atoms with Gasteiger partial charge in [0.2, 0.25) is 0 Å². The first-order valence-electron chi connectivity index (χ1n) is 8.94. The molecule has 0 bridgehead atoms. The van der Waals surface area contributed by atoms with Crippen LogP contribution >= 0.6 is 0 Å². The van der Waals surface area contributed by atoms with Gasteiger partial charge < -0.3 is 29.9 Å². The van der Waals surface area contributed by atoms with E-state index in [0.29, 0.717) is 0 Å². The first-order chi connectivity index (χ1) is 12.9. The van der Waals surface area contributed by atoms with Gasteiger partial charge in [0.1, 0.15) is 17.8 Å². The Morgan fingerprint density at radius 3 is 1.81 bits per heavy atom. The first kappa shape index (κ1) is 19.9. The summed E-state index contributed by atoms with van der Waals surface area (Å²) < 4.78 is 10.9. The van der Waals surface area contributed by atoms with Crippen molar-refractivity contribution in [3.63, 3.8) is 0 Å². The molecule has 0 aliphatic carbocycles. The molecule has 3 rings (SSSR count). The number of aliphatic hydroxyl groups is 4.